The van der Waals surface area contributed by atoms with Crippen LogP contribution < -0.4 is 14.8 Å². The van der Waals surface area contributed by atoms with E-state index < -0.39 is 0 Å². The summed E-state index contributed by atoms with van der Waals surface area (Å²) in [6, 6.07) is 5.96. The molecule has 1 aliphatic heterocycles. The summed E-state index contributed by atoms with van der Waals surface area (Å²) in [5, 5.41) is 6.26. The Bertz CT molecular complexity index is 559. The predicted molar refractivity (Wildman–Crippen MR) is 78.6 cm³/mol. The molecular weight excluding hydrogens is 284 g/mol. The fourth-order valence-electron chi connectivity index (χ4n) is 1.88. The van der Waals surface area contributed by atoms with E-state index >= 15 is 0 Å². The summed E-state index contributed by atoms with van der Waals surface area (Å²) in [5.74, 6) is 1.62. The maximum Gasteiger partial charge on any atom is 0.162 e. The lowest BCUT2D eigenvalue weighted by molar-refractivity contribution is 0.171. The van der Waals surface area contributed by atoms with E-state index in [2.05, 4.69) is 15.7 Å². The number of rotatable bonds is 3. The van der Waals surface area contributed by atoms with E-state index in [9.17, 15) is 0 Å². The molecule has 0 unspecified atom stereocenters. The van der Waals surface area contributed by atoms with E-state index in [1.54, 1.807) is 11.3 Å². The molecule has 102 valence electrons. The molecule has 2 heterocycles. The molecule has 19 heavy (non-hydrogen) atoms. The number of halogens is 1. The molecule has 0 amide bonds. The molecule has 0 atom stereocenters. The molecule has 0 saturated carbocycles. The Hall–Kier alpha value is -1.30. The predicted octanol–water partition coefficient (Wildman–Crippen LogP) is 2.72. The fourth-order valence-corrected chi connectivity index (χ4v) is 2.69. The summed E-state index contributed by atoms with van der Waals surface area (Å²) in [5.41, 5.74) is 2.06. The van der Waals surface area contributed by atoms with E-state index in [1.807, 2.05) is 25.2 Å². The van der Waals surface area contributed by atoms with Gasteiger partial charge in [0.25, 0.3) is 0 Å². The molecule has 1 aromatic heterocycles. The SMILES string of the molecule is CNCc1nc(-c2ccc3c(c2)OCCO3)cs1.Cl. The summed E-state index contributed by atoms with van der Waals surface area (Å²) < 4.78 is 11.1. The average Bonchev–Trinajstić information content (AvgIpc) is 2.87. The monoisotopic (exact) mass is 298 g/mol. The van der Waals surface area contributed by atoms with Gasteiger partial charge in [-0.15, -0.1) is 23.7 Å². The van der Waals surface area contributed by atoms with Crippen LogP contribution in [-0.2, 0) is 6.54 Å². The number of nitrogens with zero attached hydrogens (tertiary/aromatic N) is 1. The van der Waals surface area contributed by atoms with E-state index in [1.165, 1.54) is 0 Å². The highest BCUT2D eigenvalue weighted by atomic mass is 35.5. The van der Waals surface area contributed by atoms with Crippen LogP contribution in [0.4, 0.5) is 0 Å². The molecule has 1 aliphatic rings. The van der Waals surface area contributed by atoms with Crippen LogP contribution in [-0.4, -0.2) is 25.2 Å². The van der Waals surface area contributed by atoms with Gasteiger partial charge in [0.15, 0.2) is 11.5 Å². The molecule has 1 N–H and O–H groups in total. The first kappa shape index (κ1) is 14.1. The molecule has 6 heteroatoms. The highest BCUT2D eigenvalue weighted by molar-refractivity contribution is 7.09. The number of thiazole rings is 1. The molecule has 0 radical (unpaired) electrons. The summed E-state index contributed by atoms with van der Waals surface area (Å²) in [6.45, 7) is 2.03. The second-order valence-electron chi connectivity index (χ2n) is 4.02. The van der Waals surface area contributed by atoms with E-state index in [-0.39, 0.29) is 12.4 Å². The Morgan fingerprint density at radius 1 is 1.26 bits per heavy atom. The third-order valence-corrected chi connectivity index (χ3v) is 3.57. The van der Waals surface area contributed by atoms with Crippen molar-refractivity contribution in [3.05, 3.63) is 28.6 Å². The van der Waals surface area contributed by atoms with E-state index in [4.69, 9.17) is 9.47 Å². The quantitative estimate of drug-likeness (QED) is 0.946. The fraction of sp³-hybridized carbons (Fsp3) is 0.308. The van der Waals surface area contributed by atoms with Crippen molar-refractivity contribution < 1.29 is 9.47 Å². The molecular formula is C13H15ClN2O2S. The third-order valence-electron chi connectivity index (χ3n) is 2.72. The summed E-state index contributed by atoms with van der Waals surface area (Å²) in [6.07, 6.45) is 0. The molecule has 3 rings (SSSR count). The van der Waals surface area contributed by atoms with Crippen LogP contribution in [0.3, 0.4) is 0 Å². The number of hydrogen-bond donors (Lipinski definition) is 1. The lowest BCUT2D eigenvalue weighted by Gasteiger charge is -2.18. The smallest absolute Gasteiger partial charge is 0.162 e. The van der Waals surface area contributed by atoms with Crippen molar-refractivity contribution in [3.8, 4) is 22.8 Å². The number of nitrogens with one attached hydrogen (secondary N) is 1. The first-order valence-electron chi connectivity index (χ1n) is 5.86. The Kier molecular flexibility index (Phi) is 4.63. The molecule has 0 fully saturated rings. The number of hydrogen-bond acceptors (Lipinski definition) is 5. The summed E-state index contributed by atoms with van der Waals surface area (Å²) >= 11 is 1.66. The lowest BCUT2D eigenvalue weighted by atomic mass is 10.1. The number of ether oxygens (including phenoxy) is 2. The van der Waals surface area contributed by atoms with Crippen LogP contribution in [0, 0.1) is 0 Å². The minimum absolute atomic E-state index is 0. The van der Waals surface area contributed by atoms with Gasteiger partial charge in [-0.25, -0.2) is 4.98 Å². The van der Waals surface area contributed by atoms with Gasteiger partial charge in [0.1, 0.15) is 18.2 Å². The Labute approximate surface area is 122 Å². The average molecular weight is 299 g/mol. The molecule has 0 saturated heterocycles. The van der Waals surface area contributed by atoms with Gasteiger partial charge >= 0.3 is 0 Å². The van der Waals surface area contributed by atoms with Crippen LogP contribution in [0.1, 0.15) is 5.01 Å². The van der Waals surface area contributed by atoms with Gasteiger partial charge in [0, 0.05) is 17.5 Å². The summed E-state index contributed by atoms with van der Waals surface area (Å²) in [7, 11) is 1.92. The first-order valence-corrected chi connectivity index (χ1v) is 6.74. The van der Waals surface area contributed by atoms with Gasteiger partial charge in [-0.3, -0.25) is 0 Å². The Morgan fingerprint density at radius 2 is 2.05 bits per heavy atom. The Balaban J connectivity index is 0.00000133. The first-order chi connectivity index (χ1) is 8.86. The van der Waals surface area contributed by atoms with Gasteiger partial charge in [-0.2, -0.15) is 0 Å². The second kappa shape index (κ2) is 6.23. The minimum Gasteiger partial charge on any atom is -0.486 e. The van der Waals surface area contributed by atoms with Crippen LogP contribution in [0.2, 0.25) is 0 Å². The molecule has 4 nitrogen and oxygen atoms in total. The summed E-state index contributed by atoms with van der Waals surface area (Å²) in [4.78, 5) is 4.58. The molecule has 0 aliphatic carbocycles. The zero-order chi connectivity index (χ0) is 12.4. The van der Waals surface area contributed by atoms with Crippen molar-refractivity contribution in [2.24, 2.45) is 0 Å². The molecule has 2 aromatic rings. The highest BCUT2D eigenvalue weighted by Crippen LogP contribution is 2.34. The van der Waals surface area contributed by atoms with Gasteiger partial charge < -0.3 is 14.8 Å². The topological polar surface area (TPSA) is 43.4 Å². The standard InChI is InChI=1S/C13H14N2O2S.ClH/c1-14-7-13-15-10(8-18-13)9-2-3-11-12(6-9)17-5-4-16-11;/h2-3,6,8,14H,4-5,7H2,1H3;1H. The van der Waals surface area contributed by atoms with Crippen LogP contribution in [0.5, 0.6) is 11.5 Å². The number of fused-ring (bicyclic) bond motifs is 1. The van der Waals surface area contributed by atoms with E-state index in [0.717, 1.165) is 34.3 Å². The van der Waals surface area contributed by atoms with Gasteiger partial charge in [0.05, 0.1) is 5.69 Å². The van der Waals surface area contributed by atoms with Crippen molar-refractivity contribution in [3.63, 3.8) is 0 Å². The largest absolute Gasteiger partial charge is 0.486 e. The van der Waals surface area contributed by atoms with Crippen molar-refractivity contribution in [2.75, 3.05) is 20.3 Å². The van der Waals surface area contributed by atoms with E-state index in [0.29, 0.717) is 13.2 Å². The lowest BCUT2D eigenvalue weighted by Crippen LogP contribution is -2.15. The highest BCUT2D eigenvalue weighted by Gasteiger charge is 2.13. The van der Waals surface area contributed by atoms with Gasteiger partial charge in [0.2, 0.25) is 0 Å². The van der Waals surface area contributed by atoms with Gasteiger partial charge in [-0.1, -0.05) is 0 Å². The van der Waals surface area contributed by atoms with Crippen LogP contribution >= 0.6 is 23.7 Å². The second-order valence-corrected chi connectivity index (χ2v) is 4.96. The van der Waals surface area contributed by atoms with Crippen molar-refractivity contribution in [2.45, 2.75) is 6.54 Å². The molecule has 1 aromatic carbocycles. The van der Waals surface area contributed by atoms with Crippen LogP contribution in [0.25, 0.3) is 11.3 Å². The molecule has 0 bridgehead atoms. The maximum absolute atomic E-state index is 5.58. The zero-order valence-corrected chi connectivity index (χ0v) is 12.1. The number of aromatic nitrogens is 1. The normalized spacial score (nSPS) is 12.9. The zero-order valence-electron chi connectivity index (χ0n) is 10.5. The van der Waals surface area contributed by atoms with Gasteiger partial charge in [-0.05, 0) is 25.2 Å². The van der Waals surface area contributed by atoms with Crippen molar-refractivity contribution in [1.29, 1.82) is 0 Å². The van der Waals surface area contributed by atoms with Crippen molar-refractivity contribution >= 4 is 23.7 Å². The molecule has 0 spiro atoms. The van der Waals surface area contributed by atoms with Crippen molar-refractivity contribution in [1.82, 2.24) is 10.3 Å². The third kappa shape index (κ3) is 3.00. The Morgan fingerprint density at radius 3 is 2.84 bits per heavy atom. The minimum atomic E-state index is 0. The number of benzene rings is 1. The maximum atomic E-state index is 5.58. The van der Waals surface area contributed by atoms with Crippen LogP contribution in [0.15, 0.2) is 23.6 Å².